The quantitative estimate of drug-likeness (QED) is 0.254. The SMILES string of the molecule is O=C(OCCCCCOC(=O)c1ccc2c(c1)C(=O)OC2=O)c1ccc2c(c1)C(=O)OC2=O. The van der Waals surface area contributed by atoms with E-state index in [4.69, 9.17) is 9.47 Å². The minimum absolute atomic E-state index is 0.0307. The molecular formula is C23H16O10. The third-order valence-electron chi connectivity index (χ3n) is 5.02. The molecule has 0 N–H and O–H groups in total. The molecule has 2 aromatic carbocycles. The number of carbonyl (C=O) groups excluding carboxylic acids is 6. The Labute approximate surface area is 186 Å². The fourth-order valence-electron chi connectivity index (χ4n) is 3.30. The molecule has 2 aliphatic rings. The molecule has 2 aromatic rings. The van der Waals surface area contributed by atoms with Gasteiger partial charge in [-0.05, 0) is 55.7 Å². The van der Waals surface area contributed by atoms with Gasteiger partial charge in [-0.15, -0.1) is 0 Å². The molecule has 2 heterocycles. The Bertz CT molecular complexity index is 1120. The van der Waals surface area contributed by atoms with Crippen molar-refractivity contribution in [3.63, 3.8) is 0 Å². The molecule has 10 nitrogen and oxygen atoms in total. The predicted molar refractivity (Wildman–Crippen MR) is 107 cm³/mol. The van der Waals surface area contributed by atoms with Crippen molar-refractivity contribution in [1.82, 2.24) is 0 Å². The van der Waals surface area contributed by atoms with Gasteiger partial charge in [0.25, 0.3) is 0 Å². The van der Waals surface area contributed by atoms with Gasteiger partial charge in [0.15, 0.2) is 0 Å². The summed E-state index contributed by atoms with van der Waals surface area (Å²) in [6.07, 6.45) is 1.64. The lowest BCUT2D eigenvalue weighted by molar-refractivity contribution is 0.0425. The van der Waals surface area contributed by atoms with Gasteiger partial charge in [0.05, 0.1) is 46.6 Å². The van der Waals surface area contributed by atoms with E-state index in [1.807, 2.05) is 0 Å². The van der Waals surface area contributed by atoms with E-state index >= 15 is 0 Å². The highest BCUT2D eigenvalue weighted by Crippen LogP contribution is 2.22. The Morgan fingerprint density at radius 1 is 0.576 bits per heavy atom. The van der Waals surface area contributed by atoms with Crippen LogP contribution in [0.2, 0.25) is 0 Å². The van der Waals surface area contributed by atoms with Crippen molar-refractivity contribution in [2.45, 2.75) is 19.3 Å². The highest BCUT2D eigenvalue weighted by Gasteiger charge is 2.31. The van der Waals surface area contributed by atoms with Crippen LogP contribution in [0, 0.1) is 0 Å². The summed E-state index contributed by atoms with van der Waals surface area (Å²) in [6.45, 7) is 0.238. The normalized spacial score (nSPS) is 13.8. The number of carbonyl (C=O) groups is 6. The van der Waals surface area contributed by atoms with Gasteiger partial charge in [-0.2, -0.15) is 0 Å². The van der Waals surface area contributed by atoms with Gasteiger partial charge >= 0.3 is 35.8 Å². The monoisotopic (exact) mass is 452 g/mol. The molecule has 4 rings (SSSR count). The second-order valence-corrected chi connectivity index (χ2v) is 7.21. The van der Waals surface area contributed by atoms with Crippen LogP contribution in [-0.4, -0.2) is 49.0 Å². The minimum Gasteiger partial charge on any atom is -0.462 e. The maximum Gasteiger partial charge on any atom is 0.346 e. The molecule has 168 valence electrons. The van der Waals surface area contributed by atoms with E-state index in [1.54, 1.807) is 0 Å². The summed E-state index contributed by atoms with van der Waals surface area (Å²) in [5.74, 6) is -4.36. The summed E-state index contributed by atoms with van der Waals surface area (Å²) in [5.41, 5.74) is 0.550. The lowest BCUT2D eigenvalue weighted by atomic mass is 10.1. The number of unbranched alkanes of at least 4 members (excludes halogenated alkanes) is 2. The Balaban J connectivity index is 1.16. The van der Waals surface area contributed by atoms with Crippen LogP contribution < -0.4 is 0 Å². The van der Waals surface area contributed by atoms with Crippen LogP contribution in [0.25, 0.3) is 0 Å². The second-order valence-electron chi connectivity index (χ2n) is 7.21. The van der Waals surface area contributed by atoms with E-state index in [-0.39, 0.29) is 46.6 Å². The molecule has 0 saturated carbocycles. The number of fused-ring (bicyclic) bond motifs is 2. The van der Waals surface area contributed by atoms with Crippen molar-refractivity contribution in [3.05, 3.63) is 69.8 Å². The minimum atomic E-state index is -0.799. The number of benzene rings is 2. The maximum absolute atomic E-state index is 12.1. The van der Waals surface area contributed by atoms with E-state index in [9.17, 15) is 28.8 Å². The zero-order valence-corrected chi connectivity index (χ0v) is 17.1. The molecule has 33 heavy (non-hydrogen) atoms. The summed E-state index contributed by atoms with van der Waals surface area (Å²) in [4.78, 5) is 70.2. The van der Waals surface area contributed by atoms with E-state index in [0.717, 1.165) is 0 Å². The summed E-state index contributed by atoms with van der Waals surface area (Å²) >= 11 is 0. The molecule has 10 heteroatoms. The van der Waals surface area contributed by atoms with Crippen molar-refractivity contribution in [1.29, 1.82) is 0 Å². The molecule has 0 radical (unpaired) electrons. The summed E-state index contributed by atoms with van der Waals surface area (Å²) in [7, 11) is 0. The zero-order chi connectivity index (χ0) is 23.5. The van der Waals surface area contributed by atoms with Gasteiger partial charge in [-0.3, -0.25) is 0 Å². The average molecular weight is 452 g/mol. The topological polar surface area (TPSA) is 139 Å². The van der Waals surface area contributed by atoms with Gasteiger partial charge in [-0.25, -0.2) is 28.8 Å². The fraction of sp³-hybridized carbons (Fsp3) is 0.217. The molecule has 0 saturated heterocycles. The number of cyclic esters (lactones) is 4. The van der Waals surface area contributed by atoms with Gasteiger partial charge in [0, 0.05) is 0 Å². The highest BCUT2D eigenvalue weighted by atomic mass is 16.6. The van der Waals surface area contributed by atoms with Crippen LogP contribution in [0.1, 0.15) is 81.4 Å². The Kier molecular flexibility index (Phi) is 5.99. The van der Waals surface area contributed by atoms with Gasteiger partial charge in [0.2, 0.25) is 0 Å². The molecule has 0 aromatic heterocycles. The zero-order valence-electron chi connectivity index (χ0n) is 17.1. The standard InChI is InChI=1S/C23H16O10/c24-18(12-4-6-14-16(10-12)22(28)32-20(14)26)30-8-2-1-3-9-31-19(25)13-5-7-15-17(11-13)23(29)33-21(15)27/h4-7,10-11H,1-3,8-9H2. The Morgan fingerprint density at radius 3 is 1.39 bits per heavy atom. The van der Waals surface area contributed by atoms with Crippen LogP contribution in [0.3, 0.4) is 0 Å². The number of ether oxygens (including phenoxy) is 4. The maximum atomic E-state index is 12.1. The molecular weight excluding hydrogens is 436 g/mol. The molecule has 0 aliphatic carbocycles. The van der Waals surface area contributed by atoms with Crippen LogP contribution in [0.5, 0.6) is 0 Å². The summed E-state index contributed by atoms with van der Waals surface area (Å²) in [6, 6.07) is 7.98. The van der Waals surface area contributed by atoms with Gasteiger partial charge in [-0.1, -0.05) is 0 Å². The Morgan fingerprint density at radius 2 is 0.970 bits per heavy atom. The smallest absolute Gasteiger partial charge is 0.346 e. The molecule has 0 fully saturated rings. The highest BCUT2D eigenvalue weighted by molar-refractivity contribution is 6.16. The van der Waals surface area contributed by atoms with Crippen LogP contribution in [-0.2, 0) is 18.9 Å². The lowest BCUT2D eigenvalue weighted by Crippen LogP contribution is -2.09. The number of hydrogen-bond acceptors (Lipinski definition) is 10. The van der Waals surface area contributed by atoms with Crippen LogP contribution in [0.4, 0.5) is 0 Å². The van der Waals surface area contributed by atoms with Crippen molar-refractivity contribution in [2.24, 2.45) is 0 Å². The average Bonchev–Trinajstić information content (AvgIpc) is 3.26. The largest absolute Gasteiger partial charge is 0.462 e. The number of rotatable bonds is 8. The third-order valence-corrected chi connectivity index (χ3v) is 5.02. The Hall–Kier alpha value is -4.34. The van der Waals surface area contributed by atoms with Crippen molar-refractivity contribution in [3.8, 4) is 0 Å². The first-order chi connectivity index (χ1) is 15.8. The van der Waals surface area contributed by atoms with Crippen molar-refractivity contribution < 1.29 is 47.7 Å². The first kappa shape index (κ1) is 21.9. The fourth-order valence-corrected chi connectivity index (χ4v) is 3.30. The van der Waals surface area contributed by atoms with E-state index in [0.29, 0.717) is 19.3 Å². The molecule has 0 bridgehead atoms. The predicted octanol–water partition coefficient (Wildman–Crippen LogP) is 2.49. The first-order valence-corrected chi connectivity index (χ1v) is 10.0. The van der Waals surface area contributed by atoms with Crippen molar-refractivity contribution in [2.75, 3.05) is 13.2 Å². The summed E-state index contributed by atoms with van der Waals surface area (Å²) < 4.78 is 19.3. The van der Waals surface area contributed by atoms with E-state index < -0.39 is 35.8 Å². The van der Waals surface area contributed by atoms with E-state index in [2.05, 4.69) is 9.47 Å². The van der Waals surface area contributed by atoms with Crippen LogP contribution in [0.15, 0.2) is 36.4 Å². The second kappa shape index (κ2) is 9.03. The van der Waals surface area contributed by atoms with Gasteiger partial charge in [0.1, 0.15) is 0 Å². The van der Waals surface area contributed by atoms with Crippen molar-refractivity contribution >= 4 is 35.8 Å². The molecule has 0 amide bonds. The lowest BCUT2D eigenvalue weighted by Gasteiger charge is -2.07. The first-order valence-electron chi connectivity index (χ1n) is 10.0. The summed E-state index contributed by atoms with van der Waals surface area (Å²) in [5, 5.41) is 0. The molecule has 0 unspecified atom stereocenters. The third kappa shape index (κ3) is 4.49. The van der Waals surface area contributed by atoms with Crippen LogP contribution >= 0.6 is 0 Å². The molecule has 0 atom stereocenters. The molecule has 0 spiro atoms. The van der Waals surface area contributed by atoms with Gasteiger partial charge < -0.3 is 18.9 Å². The van der Waals surface area contributed by atoms with E-state index in [1.165, 1.54) is 36.4 Å². The number of esters is 6. The number of hydrogen-bond donors (Lipinski definition) is 0. The molecule has 2 aliphatic heterocycles.